The SMILES string of the molecule is O=C1c2ccccc2C(=O)N1[C@]1(c2ccc(Br)cc2)C[C@](O)(C(O)CO)C1. The molecular weight excluding hydrogens is 414 g/mol. The normalized spacial score (nSPS) is 28.1. The topological polar surface area (TPSA) is 98.1 Å². The fourth-order valence-corrected chi connectivity index (χ4v) is 4.46. The predicted octanol–water partition coefficient (Wildman–Crippen LogP) is 1.82. The number of imide groups is 1. The van der Waals surface area contributed by atoms with Crippen LogP contribution in [0.4, 0.5) is 0 Å². The summed E-state index contributed by atoms with van der Waals surface area (Å²) in [6.45, 7) is -0.602. The van der Waals surface area contributed by atoms with Crippen molar-refractivity contribution in [2.75, 3.05) is 6.61 Å². The summed E-state index contributed by atoms with van der Waals surface area (Å²) in [5, 5.41) is 30.0. The van der Waals surface area contributed by atoms with Crippen LogP contribution in [0.25, 0.3) is 0 Å². The van der Waals surface area contributed by atoms with E-state index < -0.39 is 35.7 Å². The number of carbonyl (C=O) groups excluding carboxylic acids is 2. The predicted molar refractivity (Wildman–Crippen MR) is 100 cm³/mol. The molecule has 1 saturated carbocycles. The highest BCUT2D eigenvalue weighted by atomic mass is 79.9. The summed E-state index contributed by atoms with van der Waals surface area (Å²) < 4.78 is 0.841. The molecule has 2 aromatic carbocycles. The Morgan fingerprint density at radius 2 is 1.52 bits per heavy atom. The lowest BCUT2D eigenvalue weighted by atomic mass is 9.58. The van der Waals surface area contributed by atoms with Gasteiger partial charge in [0.05, 0.1) is 28.9 Å². The molecule has 1 heterocycles. The van der Waals surface area contributed by atoms with E-state index in [1.807, 2.05) is 0 Å². The third-order valence-electron chi connectivity index (χ3n) is 5.59. The number of fused-ring (bicyclic) bond motifs is 1. The van der Waals surface area contributed by atoms with Gasteiger partial charge in [-0.15, -0.1) is 0 Å². The monoisotopic (exact) mass is 431 g/mol. The van der Waals surface area contributed by atoms with Crippen molar-refractivity contribution in [2.24, 2.45) is 0 Å². The summed E-state index contributed by atoms with van der Waals surface area (Å²) in [7, 11) is 0. The number of benzene rings is 2. The van der Waals surface area contributed by atoms with Crippen LogP contribution < -0.4 is 0 Å². The first kappa shape index (κ1) is 18.3. The van der Waals surface area contributed by atoms with Crippen LogP contribution in [0, 0.1) is 0 Å². The van der Waals surface area contributed by atoms with Gasteiger partial charge in [0.2, 0.25) is 0 Å². The van der Waals surface area contributed by atoms with Gasteiger partial charge in [0, 0.05) is 17.3 Å². The molecule has 6 nitrogen and oxygen atoms in total. The van der Waals surface area contributed by atoms with Gasteiger partial charge in [-0.2, -0.15) is 0 Å². The van der Waals surface area contributed by atoms with Gasteiger partial charge < -0.3 is 15.3 Å². The van der Waals surface area contributed by atoms with Crippen molar-refractivity contribution in [2.45, 2.75) is 30.1 Å². The minimum Gasteiger partial charge on any atom is -0.394 e. The minimum absolute atomic E-state index is 0.0468. The smallest absolute Gasteiger partial charge is 0.262 e. The van der Waals surface area contributed by atoms with Gasteiger partial charge in [0.25, 0.3) is 11.8 Å². The highest BCUT2D eigenvalue weighted by molar-refractivity contribution is 9.10. The molecule has 27 heavy (non-hydrogen) atoms. The third-order valence-corrected chi connectivity index (χ3v) is 6.12. The highest BCUT2D eigenvalue weighted by Gasteiger charge is 2.64. The number of aliphatic hydroxyl groups is 3. The second-order valence-electron chi connectivity index (χ2n) is 7.19. The number of carbonyl (C=O) groups is 2. The molecule has 2 aliphatic rings. The fraction of sp³-hybridized carbons (Fsp3) is 0.300. The lowest BCUT2D eigenvalue weighted by Gasteiger charge is -2.58. The maximum atomic E-state index is 13.0. The number of hydrogen-bond acceptors (Lipinski definition) is 5. The number of nitrogens with zero attached hydrogens (tertiary/aromatic N) is 1. The van der Waals surface area contributed by atoms with Gasteiger partial charge in [-0.1, -0.05) is 40.2 Å². The summed E-state index contributed by atoms with van der Waals surface area (Å²) in [4.78, 5) is 27.3. The molecular formula is C20H18BrNO5. The van der Waals surface area contributed by atoms with Gasteiger partial charge in [-0.05, 0) is 29.8 Å². The standard InChI is InChI=1S/C20H18BrNO5/c21-13-7-5-12(6-8-13)19(10-20(27,11-19)16(24)9-23)22-17(25)14-3-1-2-4-15(14)18(22)26/h1-8,16,23-24,27H,9-11H2/t16?,19-,20-. The van der Waals surface area contributed by atoms with Crippen molar-refractivity contribution in [1.29, 1.82) is 0 Å². The molecule has 1 unspecified atom stereocenters. The van der Waals surface area contributed by atoms with Crippen LogP contribution in [0.1, 0.15) is 39.1 Å². The number of hydrogen-bond donors (Lipinski definition) is 3. The van der Waals surface area contributed by atoms with Crippen LogP contribution >= 0.6 is 15.9 Å². The molecule has 4 rings (SSSR count). The van der Waals surface area contributed by atoms with Gasteiger partial charge in [0.1, 0.15) is 6.10 Å². The minimum atomic E-state index is -1.57. The number of halogens is 1. The Bertz CT molecular complexity index is 885. The lowest BCUT2D eigenvalue weighted by Crippen LogP contribution is -2.68. The average Bonchev–Trinajstić information content (AvgIpc) is 2.90. The van der Waals surface area contributed by atoms with E-state index in [1.165, 1.54) is 4.90 Å². The van der Waals surface area contributed by atoms with Crippen LogP contribution in [0.3, 0.4) is 0 Å². The molecule has 7 heteroatoms. The molecule has 1 atom stereocenters. The molecule has 2 amide bonds. The summed E-state index contributed by atoms with van der Waals surface area (Å²) in [5.41, 5.74) is -1.31. The third kappa shape index (κ3) is 2.57. The molecule has 0 bridgehead atoms. The zero-order valence-corrected chi connectivity index (χ0v) is 15.9. The first-order valence-electron chi connectivity index (χ1n) is 8.58. The maximum Gasteiger partial charge on any atom is 0.262 e. The molecule has 140 valence electrons. The van der Waals surface area contributed by atoms with Gasteiger partial charge in [-0.25, -0.2) is 0 Å². The molecule has 0 spiro atoms. The zero-order chi connectivity index (χ0) is 19.4. The number of rotatable bonds is 4. The zero-order valence-electron chi connectivity index (χ0n) is 14.3. The summed E-state index contributed by atoms with van der Waals surface area (Å²) in [6, 6.07) is 13.8. The van der Waals surface area contributed by atoms with Crippen molar-refractivity contribution >= 4 is 27.7 Å². The van der Waals surface area contributed by atoms with Crippen molar-refractivity contribution in [3.63, 3.8) is 0 Å². The van der Waals surface area contributed by atoms with Crippen LogP contribution in [-0.2, 0) is 5.54 Å². The van der Waals surface area contributed by atoms with E-state index >= 15 is 0 Å². The molecule has 1 aliphatic carbocycles. The number of aliphatic hydroxyl groups excluding tert-OH is 2. The Labute approximate surface area is 164 Å². The lowest BCUT2D eigenvalue weighted by molar-refractivity contribution is -0.196. The van der Waals surface area contributed by atoms with Crippen molar-refractivity contribution in [3.8, 4) is 0 Å². The molecule has 0 radical (unpaired) electrons. The van der Waals surface area contributed by atoms with E-state index in [1.54, 1.807) is 48.5 Å². The van der Waals surface area contributed by atoms with E-state index in [0.717, 1.165) is 4.47 Å². The quantitative estimate of drug-likeness (QED) is 0.641. The van der Waals surface area contributed by atoms with E-state index in [-0.39, 0.29) is 12.8 Å². The molecule has 2 aromatic rings. The second-order valence-corrected chi connectivity index (χ2v) is 8.10. The first-order chi connectivity index (χ1) is 12.8. The average molecular weight is 432 g/mol. The van der Waals surface area contributed by atoms with E-state index in [0.29, 0.717) is 16.7 Å². The maximum absolute atomic E-state index is 13.0. The molecule has 0 saturated heterocycles. The summed E-state index contributed by atoms with van der Waals surface area (Å²) in [5.74, 6) is -0.835. The summed E-state index contributed by atoms with van der Waals surface area (Å²) >= 11 is 3.37. The largest absolute Gasteiger partial charge is 0.394 e. The fourth-order valence-electron chi connectivity index (χ4n) is 4.20. The van der Waals surface area contributed by atoms with Crippen molar-refractivity contribution in [1.82, 2.24) is 4.90 Å². The second kappa shape index (κ2) is 6.24. The van der Waals surface area contributed by atoms with Crippen molar-refractivity contribution < 1.29 is 24.9 Å². The Balaban J connectivity index is 1.81. The van der Waals surface area contributed by atoms with E-state index in [9.17, 15) is 24.9 Å². The Kier molecular flexibility index (Phi) is 4.23. The van der Waals surface area contributed by atoms with Crippen LogP contribution in [0.5, 0.6) is 0 Å². The molecule has 1 fully saturated rings. The molecule has 1 aliphatic heterocycles. The van der Waals surface area contributed by atoms with Crippen molar-refractivity contribution in [3.05, 3.63) is 69.7 Å². The highest BCUT2D eigenvalue weighted by Crippen LogP contribution is 2.55. The Morgan fingerprint density at radius 1 is 1.00 bits per heavy atom. The summed E-state index contributed by atoms with van der Waals surface area (Å²) in [6.07, 6.45) is -1.44. The number of amides is 2. The van der Waals surface area contributed by atoms with Gasteiger partial charge >= 0.3 is 0 Å². The molecule has 3 N–H and O–H groups in total. The van der Waals surface area contributed by atoms with E-state index in [2.05, 4.69) is 15.9 Å². The van der Waals surface area contributed by atoms with E-state index in [4.69, 9.17) is 0 Å². The first-order valence-corrected chi connectivity index (χ1v) is 9.37. The van der Waals surface area contributed by atoms with Crippen LogP contribution in [0.2, 0.25) is 0 Å². The van der Waals surface area contributed by atoms with Gasteiger partial charge in [0.15, 0.2) is 0 Å². The van der Waals surface area contributed by atoms with Crippen LogP contribution in [-0.4, -0.2) is 50.3 Å². The Hall–Kier alpha value is -2.06. The molecule has 0 aromatic heterocycles. The van der Waals surface area contributed by atoms with Gasteiger partial charge in [-0.3, -0.25) is 14.5 Å². The Morgan fingerprint density at radius 3 is 2.00 bits per heavy atom. The van der Waals surface area contributed by atoms with Crippen LogP contribution in [0.15, 0.2) is 53.0 Å².